The van der Waals surface area contributed by atoms with Crippen molar-refractivity contribution in [3.8, 4) is 0 Å². The van der Waals surface area contributed by atoms with Crippen LogP contribution in [0.3, 0.4) is 0 Å². The third-order valence-electron chi connectivity index (χ3n) is 3.73. The minimum atomic E-state index is -0.824. The second-order valence-corrected chi connectivity index (χ2v) is 7.14. The van der Waals surface area contributed by atoms with Crippen LogP contribution in [0.5, 0.6) is 0 Å². The number of fused-ring (bicyclic) bond motifs is 1. The van der Waals surface area contributed by atoms with Crippen LogP contribution in [0.2, 0.25) is 0 Å². The highest BCUT2D eigenvalue weighted by Gasteiger charge is 2.19. The molecule has 1 atom stereocenters. The van der Waals surface area contributed by atoms with Crippen molar-refractivity contribution in [1.82, 2.24) is 19.9 Å². The summed E-state index contributed by atoms with van der Waals surface area (Å²) in [6.45, 7) is 5.05. The number of ether oxygens (including phenoxy) is 1. The van der Waals surface area contributed by atoms with E-state index in [1.807, 2.05) is 13.0 Å². The van der Waals surface area contributed by atoms with Gasteiger partial charge in [-0.25, -0.2) is 9.78 Å². The molecule has 0 aliphatic carbocycles. The summed E-state index contributed by atoms with van der Waals surface area (Å²) in [5.74, 6) is -0.943. The summed E-state index contributed by atoms with van der Waals surface area (Å²) in [5.41, 5.74) is 1.74. The number of aromatic nitrogens is 3. The number of carbonyl (C=O) groups is 2. The number of benzene rings is 1. The molecule has 2 aromatic heterocycles. The number of hydrogen-bond donors (Lipinski definition) is 1. The normalized spacial score (nSPS) is 12.0. The van der Waals surface area contributed by atoms with E-state index in [0.717, 1.165) is 5.56 Å². The summed E-state index contributed by atoms with van der Waals surface area (Å²) < 4.78 is 6.37. The van der Waals surface area contributed by atoms with Gasteiger partial charge in [-0.15, -0.1) is 0 Å². The van der Waals surface area contributed by atoms with E-state index in [0.29, 0.717) is 21.2 Å². The Hall–Kier alpha value is -3.07. The Labute approximate surface area is 158 Å². The smallest absolute Gasteiger partial charge is 0.328 e. The van der Waals surface area contributed by atoms with Crippen molar-refractivity contribution >= 4 is 28.2 Å². The van der Waals surface area contributed by atoms with Crippen LogP contribution in [-0.4, -0.2) is 32.5 Å². The number of nitrogens with one attached hydrogen (secondary N) is 1. The Morgan fingerprint density at radius 2 is 2.07 bits per heavy atom. The highest BCUT2D eigenvalue weighted by Crippen LogP contribution is 2.13. The highest BCUT2D eigenvalue weighted by atomic mass is 32.1. The molecule has 2 heterocycles. The average molecular weight is 386 g/mol. The zero-order valence-corrected chi connectivity index (χ0v) is 15.9. The van der Waals surface area contributed by atoms with Crippen molar-refractivity contribution < 1.29 is 14.3 Å². The van der Waals surface area contributed by atoms with Gasteiger partial charge in [0.1, 0.15) is 12.6 Å². The summed E-state index contributed by atoms with van der Waals surface area (Å²) in [6, 6.07) is 7.63. The van der Waals surface area contributed by atoms with Crippen molar-refractivity contribution in [1.29, 1.82) is 0 Å². The highest BCUT2D eigenvalue weighted by molar-refractivity contribution is 7.16. The van der Waals surface area contributed by atoms with Crippen molar-refractivity contribution in [2.24, 2.45) is 0 Å². The third-order valence-corrected chi connectivity index (χ3v) is 4.62. The monoisotopic (exact) mass is 386 g/mol. The molecule has 0 aliphatic heterocycles. The van der Waals surface area contributed by atoms with Crippen LogP contribution in [-0.2, 0) is 16.1 Å². The molecular weight excluding hydrogens is 368 g/mol. The lowest BCUT2D eigenvalue weighted by Crippen LogP contribution is -2.39. The van der Waals surface area contributed by atoms with E-state index < -0.39 is 12.0 Å². The molecule has 1 aromatic carbocycles. The number of aryl methyl sites for hydroxylation is 2. The number of rotatable bonds is 5. The minimum absolute atomic E-state index is 0.101. The number of carbonyl (C=O) groups excluding carboxylic acids is 2. The minimum Gasteiger partial charge on any atom is -0.457 e. The van der Waals surface area contributed by atoms with Crippen LogP contribution in [0.1, 0.15) is 33.5 Å². The maximum absolute atomic E-state index is 12.2. The lowest BCUT2D eigenvalue weighted by Gasteiger charge is -2.13. The Morgan fingerprint density at radius 3 is 2.81 bits per heavy atom. The number of amides is 1. The molecule has 0 saturated carbocycles. The van der Waals surface area contributed by atoms with E-state index in [2.05, 4.69) is 15.4 Å². The molecule has 27 heavy (non-hydrogen) atoms. The molecule has 1 N–H and O–H groups in total. The topological polar surface area (TPSA) is 103 Å². The fourth-order valence-corrected chi connectivity index (χ4v) is 3.26. The summed E-state index contributed by atoms with van der Waals surface area (Å²) in [4.78, 5) is 40.8. The first-order valence-corrected chi connectivity index (χ1v) is 9.05. The number of hydrogen-bond acceptors (Lipinski definition) is 7. The molecule has 0 saturated heterocycles. The van der Waals surface area contributed by atoms with Gasteiger partial charge in [0, 0.05) is 17.3 Å². The van der Waals surface area contributed by atoms with E-state index in [4.69, 9.17) is 4.74 Å². The molecule has 1 amide bonds. The van der Waals surface area contributed by atoms with Gasteiger partial charge in [0.2, 0.25) is 4.96 Å². The maximum atomic E-state index is 12.2. The Kier molecular flexibility index (Phi) is 5.31. The van der Waals surface area contributed by atoms with E-state index >= 15 is 0 Å². The second kappa shape index (κ2) is 7.67. The van der Waals surface area contributed by atoms with Gasteiger partial charge >= 0.3 is 5.97 Å². The summed E-state index contributed by atoms with van der Waals surface area (Å²) in [6.07, 6.45) is 0. The van der Waals surface area contributed by atoms with Gasteiger partial charge in [-0.05, 0) is 32.9 Å². The Bertz CT molecular complexity index is 1070. The Balaban J connectivity index is 1.61. The molecular formula is C18H18N4O4S. The van der Waals surface area contributed by atoms with Gasteiger partial charge in [-0.1, -0.05) is 29.0 Å². The van der Waals surface area contributed by atoms with Crippen molar-refractivity contribution in [3.05, 3.63) is 62.5 Å². The molecule has 0 bridgehead atoms. The average Bonchev–Trinajstić information content (AvgIpc) is 3.02. The zero-order valence-electron chi connectivity index (χ0n) is 15.1. The van der Waals surface area contributed by atoms with E-state index in [-0.39, 0.29) is 18.1 Å². The summed E-state index contributed by atoms with van der Waals surface area (Å²) in [5, 5.41) is 7.14. The lowest BCUT2D eigenvalue weighted by molar-refractivity contribution is -0.146. The van der Waals surface area contributed by atoms with E-state index in [9.17, 15) is 14.4 Å². The molecule has 0 radical (unpaired) electrons. The van der Waals surface area contributed by atoms with Crippen molar-refractivity contribution in [3.63, 3.8) is 0 Å². The maximum Gasteiger partial charge on any atom is 0.328 e. The molecule has 9 heteroatoms. The predicted octanol–water partition coefficient (Wildman–Crippen LogP) is 1.63. The van der Waals surface area contributed by atoms with Gasteiger partial charge < -0.3 is 10.1 Å². The van der Waals surface area contributed by atoms with E-state index in [1.165, 1.54) is 21.9 Å². The van der Waals surface area contributed by atoms with Crippen LogP contribution in [0, 0.1) is 13.8 Å². The summed E-state index contributed by atoms with van der Waals surface area (Å²) in [7, 11) is 0. The molecule has 0 unspecified atom stereocenters. The van der Waals surface area contributed by atoms with Gasteiger partial charge in [0.05, 0.1) is 0 Å². The van der Waals surface area contributed by atoms with Crippen LogP contribution in [0.15, 0.2) is 35.1 Å². The van der Waals surface area contributed by atoms with Gasteiger partial charge in [-0.3, -0.25) is 9.59 Å². The van der Waals surface area contributed by atoms with Gasteiger partial charge in [0.25, 0.3) is 11.5 Å². The molecule has 0 spiro atoms. The lowest BCUT2D eigenvalue weighted by atomic mass is 10.1. The second-order valence-electron chi connectivity index (χ2n) is 6.10. The largest absolute Gasteiger partial charge is 0.457 e. The summed E-state index contributed by atoms with van der Waals surface area (Å²) >= 11 is 1.17. The predicted molar refractivity (Wildman–Crippen MR) is 99.8 cm³/mol. The number of esters is 1. The fourth-order valence-electron chi connectivity index (χ4n) is 2.40. The first-order chi connectivity index (χ1) is 12.8. The zero-order chi connectivity index (χ0) is 19.6. The number of nitrogens with zero attached hydrogens (tertiary/aromatic N) is 3. The van der Waals surface area contributed by atoms with Gasteiger partial charge in [-0.2, -0.15) is 9.61 Å². The first-order valence-electron chi connectivity index (χ1n) is 8.24. The van der Waals surface area contributed by atoms with Crippen molar-refractivity contribution in [2.45, 2.75) is 33.4 Å². The quantitative estimate of drug-likeness (QED) is 0.669. The van der Waals surface area contributed by atoms with Crippen LogP contribution in [0.4, 0.5) is 0 Å². The van der Waals surface area contributed by atoms with E-state index in [1.54, 1.807) is 32.0 Å². The third kappa shape index (κ3) is 4.37. The molecule has 3 aromatic rings. The molecule has 3 rings (SSSR count). The SMILES string of the molecule is Cc1cccc(C(=O)N[C@@H](C)C(=O)OCc2nn3c(=O)cc(C)nc3s2)c1. The van der Waals surface area contributed by atoms with Crippen LogP contribution >= 0.6 is 11.3 Å². The standard InChI is InChI=1S/C18H18N4O4S/c1-10-5-4-6-13(7-10)16(24)20-12(3)17(25)26-9-14-21-22-15(23)8-11(2)19-18(22)27-14/h4-8,12H,9H2,1-3H3,(H,20,24)/t12-/m0/s1. The van der Waals surface area contributed by atoms with Gasteiger partial charge in [0.15, 0.2) is 5.01 Å². The molecule has 8 nitrogen and oxygen atoms in total. The molecule has 140 valence electrons. The molecule has 0 fully saturated rings. The first kappa shape index (κ1) is 18.7. The van der Waals surface area contributed by atoms with Crippen LogP contribution in [0.25, 0.3) is 4.96 Å². The molecule has 0 aliphatic rings. The van der Waals surface area contributed by atoms with Crippen molar-refractivity contribution in [2.75, 3.05) is 0 Å². The fraction of sp³-hybridized carbons (Fsp3) is 0.278. The van der Waals surface area contributed by atoms with Crippen LogP contribution < -0.4 is 10.9 Å². The Morgan fingerprint density at radius 1 is 1.30 bits per heavy atom.